The SMILES string of the molecule is COC(=O)c1cccc(N)c1N1CC(C)(C)OC(C)(C)C1. The van der Waals surface area contributed by atoms with Crippen molar-refractivity contribution in [3.63, 3.8) is 0 Å². The first-order valence-corrected chi connectivity index (χ1v) is 7.07. The fraction of sp³-hybridized carbons (Fsp3) is 0.562. The van der Waals surface area contributed by atoms with Crippen molar-refractivity contribution in [2.24, 2.45) is 0 Å². The summed E-state index contributed by atoms with van der Waals surface area (Å²) in [5, 5.41) is 0. The Labute approximate surface area is 126 Å². The number of nitrogens with zero attached hydrogens (tertiary/aromatic N) is 1. The van der Waals surface area contributed by atoms with Gasteiger partial charge in [-0.15, -0.1) is 0 Å². The highest BCUT2D eigenvalue weighted by Crippen LogP contribution is 2.36. The molecular weight excluding hydrogens is 268 g/mol. The van der Waals surface area contributed by atoms with Crippen LogP contribution in [0.2, 0.25) is 0 Å². The summed E-state index contributed by atoms with van der Waals surface area (Å²) in [6.45, 7) is 9.48. The van der Waals surface area contributed by atoms with E-state index < -0.39 is 0 Å². The molecular formula is C16H24N2O3. The summed E-state index contributed by atoms with van der Waals surface area (Å²) in [5.41, 5.74) is 7.29. The molecule has 1 aromatic rings. The Bertz CT molecular complexity index is 536. The lowest BCUT2D eigenvalue weighted by molar-refractivity contribution is -0.133. The standard InChI is InChI=1S/C16H24N2O3/c1-15(2)9-18(10-16(3,4)21-15)13-11(14(19)20-5)7-6-8-12(13)17/h6-8H,9-10,17H2,1-5H3. The lowest BCUT2D eigenvalue weighted by Crippen LogP contribution is -2.57. The molecule has 0 spiro atoms. The van der Waals surface area contributed by atoms with Crippen LogP contribution < -0.4 is 10.6 Å². The van der Waals surface area contributed by atoms with Crippen molar-refractivity contribution in [3.05, 3.63) is 23.8 Å². The molecule has 0 bridgehead atoms. The fourth-order valence-corrected chi connectivity index (χ4v) is 3.13. The van der Waals surface area contributed by atoms with Crippen LogP contribution in [0.25, 0.3) is 0 Å². The largest absolute Gasteiger partial charge is 0.465 e. The molecule has 1 aliphatic heterocycles. The average Bonchev–Trinajstić information content (AvgIpc) is 2.33. The highest BCUT2D eigenvalue weighted by Gasteiger charge is 2.39. The van der Waals surface area contributed by atoms with Crippen molar-refractivity contribution in [1.29, 1.82) is 0 Å². The van der Waals surface area contributed by atoms with Gasteiger partial charge < -0.3 is 20.1 Å². The van der Waals surface area contributed by atoms with Crippen molar-refractivity contribution in [2.75, 3.05) is 30.8 Å². The zero-order chi connectivity index (χ0) is 15.8. The third-order valence-electron chi connectivity index (χ3n) is 3.48. The molecule has 1 aromatic carbocycles. The van der Waals surface area contributed by atoms with Gasteiger partial charge in [-0.1, -0.05) is 6.07 Å². The lowest BCUT2D eigenvalue weighted by atomic mass is 9.97. The van der Waals surface area contributed by atoms with E-state index in [2.05, 4.69) is 4.90 Å². The smallest absolute Gasteiger partial charge is 0.340 e. The first-order chi connectivity index (χ1) is 9.65. The molecule has 0 aliphatic carbocycles. The molecule has 2 N–H and O–H groups in total. The van der Waals surface area contributed by atoms with Crippen LogP contribution in [-0.2, 0) is 9.47 Å². The molecule has 0 saturated carbocycles. The summed E-state index contributed by atoms with van der Waals surface area (Å²) < 4.78 is 11.0. The van der Waals surface area contributed by atoms with Crippen molar-refractivity contribution < 1.29 is 14.3 Å². The number of hydrogen-bond acceptors (Lipinski definition) is 5. The third kappa shape index (κ3) is 3.29. The molecule has 0 amide bonds. The molecule has 0 aromatic heterocycles. The topological polar surface area (TPSA) is 64.8 Å². The number of hydrogen-bond donors (Lipinski definition) is 1. The summed E-state index contributed by atoms with van der Waals surface area (Å²) in [6, 6.07) is 5.31. The lowest BCUT2D eigenvalue weighted by Gasteiger charge is -2.48. The number of nitrogen functional groups attached to an aromatic ring is 1. The number of carbonyl (C=O) groups excluding carboxylic acids is 1. The van der Waals surface area contributed by atoms with Gasteiger partial charge in [0.05, 0.1) is 35.3 Å². The Morgan fingerprint density at radius 2 is 1.81 bits per heavy atom. The van der Waals surface area contributed by atoms with E-state index in [-0.39, 0.29) is 17.2 Å². The number of morpholine rings is 1. The molecule has 1 heterocycles. The second-order valence-corrected chi connectivity index (χ2v) is 6.71. The van der Waals surface area contributed by atoms with Crippen molar-refractivity contribution >= 4 is 17.3 Å². The first-order valence-electron chi connectivity index (χ1n) is 7.07. The highest BCUT2D eigenvalue weighted by atomic mass is 16.5. The van der Waals surface area contributed by atoms with E-state index in [0.29, 0.717) is 24.3 Å². The van der Waals surface area contributed by atoms with Crippen LogP contribution >= 0.6 is 0 Å². The molecule has 5 heteroatoms. The minimum Gasteiger partial charge on any atom is -0.465 e. The molecule has 0 unspecified atom stereocenters. The van der Waals surface area contributed by atoms with Crippen LogP contribution in [0, 0.1) is 0 Å². The van der Waals surface area contributed by atoms with Crippen molar-refractivity contribution in [3.8, 4) is 0 Å². The van der Waals surface area contributed by atoms with Gasteiger partial charge in [0, 0.05) is 13.1 Å². The highest BCUT2D eigenvalue weighted by molar-refractivity contribution is 5.99. The molecule has 0 atom stereocenters. The van der Waals surface area contributed by atoms with Crippen LogP contribution in [0.3, 0.4) is 0 Å². The van der Waals surface area contributed by atoms with E-state index in [1.807, 2.05) is 27.7 Å². The molecule has 1 saturated heterocycles. The molecule has 1 fully saturated rings. The fourth-order valence-electron chi connectivity index (χ4n) is 3.13. The maximum absolute atomic E-state index is 12.0. The predicted octanol–water partition coefficient (Wildman–Crippen LogP) is 2.45. The van der Waals surface area contributed by atoms with Gasteiger partial charge in [0.25, 0.3) is 0 Å². The number of esters is 1. The Morgan fingerprint density at radius 1 is 1.24 bits per heavy atom. The number of methoxy groups -OCH3 is 1. The number of benzene rings is 1. The first kappa shape index (κ1) is 15.6. The van der Waals surface area contributed by atoms with Gasteiger partial charge in [0.1, 0.15) is 0 Å². The number of ether oxygens (including phenoxy) is 2. The Kier molecular flexibility index (Phi) is 3.89. The van der Waals surface area contributed by atoms with Gasteiger partial charge in [0.2, 0.25) is 0 Å². The van der Waals surface area contributed by atoms with Gasteiger partial charge in [0.15, 0.2) is 0 Å². The van der Waals surface area contributed by atoms with Crippen LogP contribution in [0.5, 0.6) is 0 Å². The summed E-state index contributed by atoms with van der Waals surface area (Å²) in [5.74, 6) is -0.376. The van der Waals surface area contributed by atoms with E-state index in [4.69, 9.17) is 15.2 Å². The second kappa shape index (κ2) is 5.22. The molecule has 21 heavy (non-hydrogen) atoms. The molecule has 1 aliphatic rings. The summed E-state index contributed by atoms with van der Waals surface area (Å²) in [6.07, 6.45) is 0. The number of nitrogens with two attached hydrogens (primary N) is 1. The van der Waals surface area contributed by atoms with Crippen molar-refractivity contribution in [2.45, 2.75) is 38.9 Å². The summed E-state index contributed by atoms with van der Waals surface area (Å²) in [4.78, 5) is 14.1. The Balaban J connectivity index is 2.48. The summed E-state index contributed by atoms with van der Waals surface area (Å²) in [7, 11) is 1.38. The zero-order valence-electron chi connectivity index (χ0n) is 13.4. The van der Waals surface area contributed by atoms with Crippen LogP contribution in [0.1, 0.15) is 38.1 Å². The second-order valence-electron chi connectivity index (χ2n) is 6.71. The zero-order valence-corrected chi connectivity index (χ0v) is 13.4. The third-order valence-corrected chi connectivity index (χ3v) is 3.48. The molecule has 5 nitrogen and oxygen atoms in total. The number of rotatable bonds is 2. The maximum Gasteiger partial charge on any atom is 0.340 e. The monoisotopic (exact) mass is 292 g/mol. The Hall–Kier alpha value is -1.75. The predicted molar refractivity (Wildman–Crippen MR) is 83.6 cm³/mol. The molecule has 116 valence electrons. The van der Waals surface area contributed by atoms with Crippen molar-refractivity contribution in [1.82, 2.24) is 0 Å². The average molecular weight is 292 g/mol. The quantitative estimate of drug-likeness (QED) is 0.670. The van der Waals surface area contributed by atoms with E-state index >= 15 is 0 Å². The van der Waals surface area contributed by atoms with Gasteiger partial charge in [-0.3, -0.25) is 0 Å². The molecule has 0 radical (unpaired) electrons. The maximum atomic E-state index is 12.0. The number of anilines is 2. The summed E-state index contributed by atoms with van der Waals surface area (Å²) >= 11 is 0. The minimum atomic E-state index is -0.376. The normalized spacial score (nSPS) is 20.1. The van der Waals surface area contributed by atoms with Gasteiger partial charge in [-0.25, -0.2) is 4.79 Å². The van der Waals surface area contributed by atoms with E-state index in [9.17, 15) is 4.79 Å². The number of para-hydroxylation sites is 1. The number of carbonyl (C=O) groups is 1. The van der Waals surface area contributed by atoms with Crippen LogP contribution in [-0.4, -0.2) is 37.4 Å². The van der Waals surface area contributed by atoms with Gasteiger partial charge in [-0.05, 0) is 39.8 Å². The van der Waals surface area contributed by atoms with Crippen LogP contribution in [0.15, 0.2) is 18.2 Å². The van der Waals surface area contributed by atoms with Gasteiger partial charge in [-0.2, -0.15) is 0 Å². The van der Waals surface area contributed by atoms with E-state index in [0.717, 1.165) is 5.69 Å². The van der Waals surface area contributed by atoms with Gasteiger partial charge >= 0.3 is 5.97 Å². The Morgan fingerprint density at radius 3 is 2.33 bits per heavy atom. The van der Waals surface area contributed by atoms with E-state index in [1.54, 1.807) is 18.2 Å². The van der Waals surface area contributed by atoms with Crippen LogP contribution in [0.4, 0.5) is 11.4 Å². The molecule has 2 rings (SSSR count). The van der Waals surface area contributed by atoms with E-state index in [1.165, 1.54) is 7.11 Å². The minimum absolute atomic E-state index is 0.322.